The summed E-state index contributed by atoms with van der Waals surface area (Å²) < 4.78 is 0. The average molecular weight is 200 g/mol. The molecule has 14 heavy (non-hydrogen) atoms. The van der Waals surface area contributed by atoms with E-state index in [0.717, 1.165) is 12.8 Å². The SMILES string of the molecule is O=C1C(=O)N(O)[C@H]2CCCC[C@@H]2N1O. The van der Waals surface area contributed by atoms with Gasteiger partial charge >= 0.3 is 11.8 Å². The predicted octanol–water partition coefficient (Wildman–Crippen LogP) is -0.253. The van der Waals surface area contributed by atoms with Gasteiger partial charge in [0.15, 0.2) is 0 Å². The molecule has 2 aliphatic rings. The van der Waals surface area contributed by atoms with Crippen molar-refractivity contribution >= 4 is 11.8 Å². The molecule has 2 fully saturated rings. The molecule has 6 heteroatoms. The Kier molecular flexibility index (Phi) is 2.16. The van der Waals surface area contributed by atoms with Crippen LogP contribution in [-0.2, 0) is 9.59 Å². The van der Waals surface area contributed by atoms with Gasteiger partial charge in [-0.2, -0.15) is 0 Å². The lowest BCUT2D eigenvalue weighted by molar-refractivity contribution is -0.236. The van der Waals surface area contributed by atoms with Crippen molar-refractivity contribution in [2.24, 2.45) is 0 Å². The molecule has 0 aromatic carbocycles. The first-order valence-corrected chi connectivity index (χ1v) is 4.67. The van der Waals surface area contributed by atoms with Crippen LogP contribution in [0.5, 0.6) is 0 Å². The van der Waals surface area contributed by atoms with Crippen molar-refractivity contribution in [1.29, 1.82) is 0 Å². The zero-order valence-electron chi connectivity index (χ0n) is 7.59. The van der Waals surface area contributed by atoms with Gasteiger partial charge in [-0.05, 0) is 12.8 Å². The molecule has 1 aliphatic heterocycles. The summed E-state index contributed by atoms with van der Waals surface area (Å²) in [4.78, 5) is 22.2. The number of hydrogen-bond acceptors (Lipinski definition) is 4. The second-order valence-electron chi connectivity index (χ2n) is 3.72. The monoisotopic (exact) mass is 200 g/mol. The van der Waals surface area contributed by atoms with E-state index in [1.807, 2.05) is 0 Å². The number of amides is 2. The van der Waals surface area contributed by atoms with E-state index in [1.54, 1.807) is 0 Å². The Bertz CT molecular complexity index is 253. The van der Waals surface area contributed by atoms with E-state index < -0.39 is 23.9 Å². The van der Waals surface area contributed by atoms with Gasteiger partial charge in [0.2, 0.25) is 0 Å². The first-order valence-electron chi connectivity index (χ1n) is 4.67. The maximum Gasteiger partial charge on any atom is 0.337 e. The zero-order chi connectivity index (χ0) is 10.3. The van der Waals surface area contributed by atoms with Crippen molar-refractivity contribution in [3.05, 3.63) is 0 Å². The van der Waals surface area contributed by atoms with Crippen molar-refractivity contribution in [3.63, 3.8) is 0 Å². The predicted molar refractivity (Wildman–Crippen MR) is 43.3 cm³/mol. The Morgan fingerprint density at radius 3 is 1.64 bits per heavy atom. The van der Waals surface area contributed by atoms with Crippen LogP contribution in [0.25, 0.3) is 0 Å². The minimum Gasteiger partial charge on any atom is -0.285 e. The van der Waals surface area contributed by atoms with Crippen LogP contribution in [0.3, 0.4) is 0 Å². The van der Waals surface area contributed by atoms with Crippen LogP contribution in [0, 0.1) is 0 Å². The molecule has 0 unspecified atom stereocenters. The van der Waals surface area contributed by atoms with E-state index in [2.05, 4.69) is 0 Å². The molecule has 0 radical (unpaired) electrons. The van der Waals surface area contributed by atoms with Gasteiger partial charge in [0.1, 0.15) is 0 Å². The summed E-state index contributed by atoms with van der Waals surface area (Å²) in [5.74, 6) is -2.09. The first-order chi connectivity index (χ1) is 6.63. The highest BCUT2D eigenvalue weighted by Gasteiger charge is 2.46. The summed E-state index contributed by atoms with van der Waals surface area (Å²) in [5, 5.41) is 19.7. The second kappa shape index (κ2) is 3.21. The number of rotatable bonds is 0. The lowest BCUT2D eigenvalue weighted by atomic mass is 9.88. The Hall–Kier alpha value is -1.14. The van der Waals surface area contributed by atoms with Crippen LogP contribution in [-0.4, -0.2) is 44.4 Å². The standard InChI is InChI=1S/C8H12N2O4/c11-7-8(12)10(14)6-4-2-1-3-5(6)9(7)13/h5-6,13-14H,1-4H2/t5-,6-/m0/s1. The molecule has 0 aromatic rings. The highest BCUT2D eigenvalue weighted by molar-refractivity contribution is 6.34. The van der Waals surface area contributed by atoms with E-state index >= 15 is 0 Å². The number of piperazine rings is 1. The van der Waals surface area contributed by atoms with Gasteiger partial charge < -0.3 is 0 Å². The fraction of sp³-hybridized carbons (Fsp3) is 0.750. The van der Waals surface area contributed by atoms with Crippen molar-refractivity contribution < 1.29 is 20.0 Å². The maximum absolute atomic E-state index is 11.1. The fourth-order valence-corrected chi connectivity index (χ4v) is 2.16. The lowest BCUT2D eigenvalue weighted by Crippen LogP contribution is -2.63. The smallest absolute Gasteiger partial charge is 0.285 e. The van der Waals surface area contributed by atoms with E-state index in [9.17, 15) is 20.0 Å². The molecule has 1 saturated carbocycles. The molecule has 78 valence electrons. The number of hydrogen-bond donors (Lipinski definition) is 2. The summed E-state index contributed by atoms with van der Waals surface area (Å²) in [6.45, 7) is 0. The van der Waals surface area contributed by atoms with E-state index in [0.29, 0.717) is 23.0 Å². The molecule has 6 nitrogen and oxygen atoms in total. The highest BCUT2D eigenvalue weighted by atomic mass is 16.5. The third-order valence-corrected chi connectivity index (χ3v) is 2.92. The summed E-state index contributed by atoms with van der Waals surface area (Å²) in [5.41, 5.74) is 0. The topological polar surface area (TPSA) is 81.1 Å². The van der Waals surface area contributed by atoms with Gasteiger partial charge in [0, 0.05) is 0 Å². The summed E-state index contributed by atoms with van der Waals surface area (Å²) in [7, 11) is 0. The minimum atomic E-state index is -1.05. The molecule has 2 rings (SSSR count). The summed E-state index contributed by atoms with van der Waals surface area (Å²) in [6, 6.07) is -0.891. The third kappa shape index (κ3) is 1.18. The second-order valence-corrected chi connectivity index (χ2v) is 3.72. The fourth-order valence-electron chi connectivity index (χ4n) is 2.16. The first kappa shape index (κ1) is 9.42. The van der Waals surface area contributed by atoms with Crippen molar-refractivity contribution in [2.45, 2.75) is 37.8 Å². The normalized spacial score (nSPS) is 33.3. The summed E-state index contributed by atoms with van der Waals surface area (Å²) >= 11 is 0. The van der Waals surface area contributed by atoms with Crippen LogP contribution in [0.15, 0.2) is 0 Å². The number of hydroxylamine groups is 4. The van der Waals surface area contributed by atoms with Gasteiger partial charge in [-0.3, -0.25) is 20.0 Å². The molecule has 1 saturated heterocycles. The highest BCUT2D eigenvalue weighted by Crippen LogP contribution is 2.29. The number of carbonyl (C=O) groups excluding carboxylic acids is 2. The van der Waals surface area contributed by atoms with E-state index in [1.165, 1.54) is 0 Å². The van der Waals surface area contributed by atoms with Crippen LogP contribution in [0.2, 0.25) is 0 Å². The maximum atomic E-state index is 11.1. The number of carbonyl (C=O) groups is 2. The van der Waals surface area contributed by atoms with E-state index in [4.69, 9.17) is 0 Å². The van der Waals surface area contributed by atoms with Crippen LogP contribution >= 0.6 is 0 Å². The van der Waals surface area contributed by atoms with Crippen molar-refractivity contribution in [1.82, 2.24) is 10.1 Å². The van der Waals surface area contributed by atoms with Crippen molar-refractivity contribution in [2.75, 3.05) is 0 Å². The van der Waals surface area contributed by atoms with Crippen LogP contribution in [0.4, 0.5) is 0 Å². The molecular weight excluding hydrogens is 188 g/mol. The Morgan fingerprint density at radius 1 is 0.929 bits per heavy atom. The molecule has 2 N–H and O–H groups in total. The minimum absolute atomic E-state index is 0.445. The Morgan fingerprint density at radius 2 is 1.29 bits per heavy atom. The number of fused-ring (bicyclic) bond motifs is 1. The van der Waals surface area contributed by atoms with Gasteiger partial charge in [0.05, 0.1) is 12.1 Å². The molecular formula is C8H12N2O4. The molecule has 2 amide bonds. The van der Waals surface area contributed by atoms with Crippen LogP contribution in [0.1, 0.15) is 25.7 Å². The molecule has 0 spiro atoms. The largest absolute Gasteiger partial charge is 0.337 e. The average Bonchev–Trinajstić information content (AvgIpc) is 2.23. The third-order valence-electron chi connectivity index (χ3n) is 2.92. The zero-order valence-corrected chi connectivity index (χ0v) is 7.59. The Labute approximate surface area is 80.6 Å². The lowest BCUT2D eigenvalue weighted by Gasteiger charge is -2.43. The summed E-state index contributed by atoms with van der Waals surface area (Å²) in [6.07, 6.45) is 3.04. The Balaban J connectivity index is 2.25. The van der Waals surface area contributed by atoms with Gasteiger partial charge in [0.25, 0.3) is 0 Å². The molecule has 1 heterocycles. The van der Waals surface area contributed by atoms with Gasteiger partial charge in [-0.25, -0.2) is 10.1 Å². The van der Waals surface area contributed by atoms with Gasteiger partial charge in [-0.15, -0.1) is 0 Å². The molecule has 0 bridgehead atoms. The molecule has 2 atom stereocenters. The van der Waals surface area contributed by atoms with Gasteiger partial charge in [-0.1, -0.05) is 12.8 Å². The quantitative estimate of drug-likeness (QED) is 0.417. The van der Waals surface area contributed by atoms with E-state index in [-0.39, 0.29) is 0 Å². The number of nitrogens with zero attached hydrogens (tertiary/aromatic N) is 2. The van der Waals surface area contributed by atoms with Crippen LogP contribution < -0.4 is 0 Å². The molecule has 0 aromatic heterocycles. The molecule has 1 aliphatic carbocycles. The van der Waals surface area contributed by atoms with Crippen molar-refractivity contribution in [3.8, 4) is 0 Å².